The van der Waals surface area contributed by atoms with Gasteiger partial charge in [-0.3, -0.25) is 14.6 Å². The van der Waals surface area contributed by atoms with Crippen LogP contribution in [0.1, 0.15) is 30.1 Å². The molecule has 0 spiro atoms. The van der Waals surface area contributed by atoms with Gasteiger partial charge in [-0.2, -0.15) is 0 Å². The first-order valence-corrected chi connectivity index (χ1v) is 4.69. The average Bonchev–Trinajstić information content (AvgIpc) is 2.70. The lowest BCUT2D eigenvalue weighted by atomic mass is 10.1. The van der Waals surface area contributed by atoms with Crippen LogP contribution in [-0.2, 0) is 7.05 Å². The third-order valence-corrected chi connectivity index (χ3v) is 2.73. The molecular formula is C9H15N3O. The summed E-state index contributed by atoms with van der Waals surface area (Å²) in [5, 5.41) is 6.47. The molecule has 1 fully saturated rings. The highest BCUT2D eigenvalue weighted by molar-refractivity contribution is 5.19. The molecule has 1 aliphatic heterocycles. The van der Waals surface area contributed by atoms with Crippen LogP contribution in [0, 0.1) is 6.92 Å². The van der Waals surface area contributed by atoms with Gasteiger partial charge in [0.1, 0.15) is 0 Å². The minimum Gasteiger partial charge on any atom is -0.309 e. The van der Waals surface area contributed by atoms with E-state index in [0.717, 1.165) is 24.2 Å². The van der Waals surface area contributed by atoms with Gasteiger partial charge >= 0.3 is 0 Å². The van der Waals surface area contributed by atoms with Gasteiger partial charge in [0.15, 0.2) is 0 Å². The largest absolute Gasteiger partial charge is 0.309 e. The highest BCUT2D eigenvalue weighted by atomic mass is 16.1. The number of hydrogen-bond donors (Lipinski definition) is 2. The predicted octanol–water partition coefficient (Wildman–Crippen LogP) is 0.446. The maximum atomic E-state index is 11.4. The van der Waals surface area contributed by atoms with Crippen LogP contribution in [0.25, 0.3) is 0 Å². The normalized spacial score (nSPS) is 22.5. The van der Waals surface area contributed by atoms with E-state index in [1.807, 2.05) is 6.92 Å². The zero-order chi connectivity index (χ0) is 9.42. The number of aryl methyl sites for hydroxylation is 1. The second-order valence-electron chi connectivity index (χ2n) is 3.66. The van der Waals surface area contributed by atoms with Crippen LogP contribution in [0.5, 0.6) is 0 Å². The Balaban J connectivity index is 2.39. The summed E-state index contributed by atoms with van der Waals surface area (Å²) < 4.78 is 1.55. The number of aromatic nitrogens is 2. The van der Waals surface area contributed by atoms with Crippen molar-refractivity contribution in [1.29, 1.82) is 0 Å². The van der Waals surface area contributed by atoms with Gasteiger partial charge in [0.25, 0.3) is 5.56 Å². The van der Waals surface area contributed by atoms with Crippen LogP contribution in [-0.4, -0.2) is 16.3 Å². The summed E-state index contributed by atoms with van der Waals surface area (Å²) >= 11 is 0. The first-order chi connectivity index (χ1) is 6.20. The molecule has 2 N–H and O–H groups in total. The van der Waals surface area contributed by atoms with Gasteiger partial charge in [0.05, 0.1) is 5.69 Å². The molecule has 0 radical (unpaired) electrons. The number of rotatable bonds is 1. The molecule has 0 aliphatic carbocycles. The van der Waals surface area contributed by atoms with Crippen LogP contribution in [0.3, 0.4) is 0 Å². The molecule has 13 heavy (non-hydrogen) atoms. The summed E-state index contributed by atoms with van der Waals surface area (Å²) in [6.07, 6.45) is 2.32. The van der Waals surface area contributed by atoms with Gasteiger partial charge in [0, 0.05) is 18.7 Å². The van der Waals surface area contributed by atoms with Gasteiger partial charge in [-0.05, 0) is 26.3 Å². The SMILES string of the molecule is Cc1c([C@@H]2CCCN2)[nH]n(C)c1=O. The topological polar surface area (TPSA) is 49.8 Å². The zero-order valence-corrected chi connectivity index (χ0v) is 8.05. The Morgan fingerprint density at radius 2 is 2.31 bits per heavy atom. The molecule has 0 saturated carbocycles. The smallest absolute Gasteiger partial charge is 0.269 e. The summed E-state index contributed by atoms with van der Waals surface area (Å²) in [5.41, 5.74) is 2.00. The van der Waals surface area contributed by atoms with Gasteiger partial charge in [-0.25, -0.2) is 0 Å². The highest BCUT2D eigenvalue weighted by Gasteiger charge is 2.21. The lowest BCUT2D eigenvalue weighted by Crippen LogP contribution is -2.15. The van der Waals surface area contributed by atoms with Crippen molar-refractivity contribution in [3.63, 3.8) is 0 Å². The molecule has 72 valence electrons. The van der Waals surface area contributed by atoms with E-state index < -0.39 is 0 Å². The Hall–Kier alpha value is -1.03. The maximum absolute atomic E-state index is 11.4. The van der Waals surface area contributed by atoms with Gasteiger partial charge in [-0.15, -0.1) is 0 Å². The minimum absolute atomic E-state index is 0.0868. The number of H-pyrrole nitrogens is 1. The Morgan fingerprint density at radius 1 is 1.54 bits per heavy atom. The monoisotopic (exact) mass is 181 g/mol. The molecule has 2 heterocycles. The maximum Gasteiger partial charge on any atom is 0.269 e. The van der Waals surface area contributed by atoms with E-state index in [1.54, 1.807) is 11.7 Å². The number of hydrogen-bond acceptors (Lipinski definition) is 2. The van der Waals surface area contributed by atoms with E-state index in [-0.39, 0.29) is 5.56 Å². The molecule has 0 amide bonds. The van der Waals surface area contributed by atoms with E-state index in [0.29, 0.717) is 6.04 Å². The van der Waals surface area contributed by atoms with E-state index in [2.05, 4.69) is 10.4 Å². The third kappa shape index (κ3) is 1.31. The second kappa shape index (κ2) is 3.03. The number of nitrogens with one attached hydrogen (secondary N) is 2. The van der Waals surface area contributed by atoms with E-state index in [4.69, 9.17) is 0 Å². The summed E-state index contributed by atoms with van der Waals surface area (Å²) in [5.74, 6) is 0. The molecule has 1 aromatic heterocycles. The fourth-order valence-corrected chi connectivity index (χ4v) is 1.95. The van der Waals surface area contributed by atoms with Crippen molar-refractivity contribution in [2.24, 2.45) is 7.05 Å². The first-order valence-electron chi connectivity index (χ1n) is 4.69. The van der Waals surface area contributed by atoms with Crippen LogP contribution < -0.4 is 10.9 Å². The third-order valence-electron chi connectivity index (χ3n) is 2.73. The van der Waals surface area contributed by atoms with E-state index in [1.165, 1.54) is 6.42 Å². The molecule has 1 aromatic rings. The molecule has 0 aromatic carbocycles. The van der Waals surface area contributed by atoms with Gasteiger partial charge in [-0.1, -0.05) is 0 Å². The number of aromatic amines is 1. The Bertz CT molecular complexity index is 357. The predicted molar refractivity (Wildman–Crippen MR) is 50.7 cm³/mol. The lowest BCUT2D eigenvalue weighted by Gasteiger charge is -2.07. The average molecular weight is 181 g/mol. The molecule has 2 rings (SSSR count). The Labute approximate surface area is 76.9 Å². The van der Waals surface area contributed by atoms with Crippen LogP contribution in [0.15, 0.2) is 4.79 Å². The summed E-state index contributed by atoms with van der Waals surface area (Å²) in [4.78, 5) is 11.4. The van der Waals surface area contributed by atoms with Crippen molar-refractivity contribution in [2.75, 3.05) is 6.54 Å². The summed E-state index contributed by atoms with van der Waals surface area (Å²) in [6, 6.07) is 0.355. The van der Waals surface area contributed by atoms with Crippen LogP contribution >= 0.6 is 0 Å². The van der Waals surface area contributed by atoms with Gasteiger partial charge in [0.2, 0.25) is 0 Å². The summed E-state index contributed by atoms with van der Waals surface area (Å²) in [7, 11) is 1.76. The van der Waals surface area contributed by atoms with E-state index in [9.17, 15) is 4.79 Å². The minimum atomic E-state index is 0.0868. The summed E-state index contributed by atoms with van der Waals surface area (Å²) in [6.45, 7) is 2.94. The molecule has 1 atom stereocenters. The number of nitrogens with zero attached hydrogens (tertiary/aromatic N) is 1. The molecule has 4 heteroatoms. The molecule has 0 unspecified atom stereocenters. The molecule has 0 bridgehead atoms. The molecular weight excluding hydrogens is 166 g/mol. The second-order valence-corrected chi connectivity index (χ2v) is 3.66. The lowest BCUT2D eigenvalue weighted by molar-refractivity contribution is 0.603. The van der Waals surface area contributed by atoms with Crippen LogP contribution in [0.4, 0.5) is 0 Å². The molecule has 1 aliphatic rings. The fraction of sp³-hybridized carbons (Fsp3) is 0.667. The van der Waals surface area contributed by atoms with Gasteiger partial charge < -0.3 is 5.32 Å². The molecule has 4 nitrogen and oxygen atoms in total. The van der Waals surface area contributed by atoms with Crippen molar-refractivity contribution in [3.8, 4) is 0 Å². The van der Waals surface area contributed by atoms with E-state index >= 15 is 0 Å². The quantitative estimate of drug-likeness (QED) is 0.660. The molecule has 1 saturated heterocycles. The van der Waals surface area contributed by atoms with Crippen molar-refractivity contribution >= 4 is 0 Å². The van der Waals surface area contributed by atoms with Crippen molar-refractivity contribution in [1.82, 2.24) is 15.1 Å². The highest BCUT2D eigenvalue weighted by Crippen LogP contribution is 2.22. The Morgan fingerprint density at radius 3 is 2.77 bits per heavy atom. The van der Waals surface area contributed by atoms with Crippen molar-refractivity contribution < 1.29 is 0 Å². The fourth-order valence-electron chi connectivity index (χ4n) is 1.95. The van der Waals surface area contributed by atoms with Crippen LogP contribution in [0.2, 0.25) is 0 Å². The zero-order valence-electron chi connectivity index (χ0n) is 8.05. The Kier molecular flexibility index (Phi) is 2.00. The standard InChI is InChI=1S/C9H15N3O/c1-6-8(7-4-3-5-10-7)11-12(2)9(6)13/h7,10-11H,3-5H2,1-2H3/t7-/m0/s1. The first kappa shape index (κ1) is 8.56. The van der Waals surface area contributed by atoms with Crippen molar-refractivity contribution in [2.45, 2.75) is 25.8 Å². The van der Waals surface area contributed by atoms with Crippen molar-refractivity contribution in [3.05, 3.63) is 21.6 Å².